The molecule has 0 aliphatic rings. The van der Waals surface area contributed by atoms with Crippen molar-refractivity contribution in [3.05, 3.63) is 145 Å². The molecule has 0 atom stereocenters. The predicted octanol–water partition coefficient (Wildman–Crippen LogP) is 7.08. The lowest BCUT2D eigenvalue weighted by molar-refractivity contribution is 0.306. The van der Waals surface area contributed by atoms with E-state index in [-0.39, 0.29) is 0 Å². The van der Waals surface area contributed by atoms with Crippen LogP contribution in [0, 0.1) is 6.92 Å². The molecule has 0 aliphatic carbocycles. The number of hydrogen-bond acceptors (Lipinski definition) is 2. The number of rotatable bonds is 8. The van der Waals surface area contributed by atoms with Crippen LogP contribution in [-0.4, -0.2) is 0 Å². The van der Waals surface area contributed by atoms with Gasteiger partial charge in [-0.3, -0.25) is 0 Å². The van der Waals surface area contributed by atoms with E-state index in [1.807, 2.05) is 18.2 Å². The highest BCUT2D eigenvalue weighted by Crippen LogP contribution is 2.38. The second-order valence-corrected chi connectivity index (χ2v) is 10.6. The Balaban J connectivity index is 1.59. The second-order valence-electron chi connectivity index (χ2n) is 8.40. The molecule has 5 aromatic rings. The van der Waals surface area contributed by atoms with Gasteiger partial charge < -0.3 is 10.1 Å². The average molecular weight is 474 g/mol. The van der Waals surface area contributed by atoms with E-state index >= 15 is 0 Å². The summed E-state index contributed by atoms with van der Waals surface area (Å²) in [5.74, 6) is 0.874. The van der Waals surface area contributed by atoms with E-state index in [4.69, 9.17) is 4.74 Å². The fraction of sp³-hybridized carbons (Fsp3) is 0.0625. The Morgan fingerprint density at radius 2 is 1.17 bits per heavy atom. The second kappa shape index (κ2) is 11.0. The first kappa shape index (κ1) is 22.9. The van der Waals surface area contributed by atoms with E-state index in [0.29, 0.717) is 6.61 Å². The van der Waals surface area contributed by atoms with Crippen molar-refractivity contribution < 1.29 is 4.74 Å². The smallest absolute Gasteiger partial charge is 0.120 e. The number of para-hydroxylation sites is 1. The summed E-state index contributed by atoms with van der Waals surface area (Å²) in [4.78, 5) is 0. The Hall–Kier alpha value is -3.87. The molecule has 35 heavy (non-hydrogen) atoms. The number of ether oxygens (including phenoxy) is 1. The zero-order chi connectivity index (χ0) is 23.9. The molecule has 2 nitrogen and oxygen atoms in total. The van der Waals surface area contributed by atoms with E-state index in [1.165, 1.54) is 21.5 Å². The van der Waals surface area contributed by atoms with Crippen molar-refractivity contribution in [3.63, 3.8) is 0 Å². The first-order valence-electron chi connectivity index (χ1n) is 11.8. The summed E-state index contributed by atoms with van der Waals surface area (Å²) in [6, 6.07) is 46.7. The monoisotopic (exact) mass is 473 g/mol. The molecule has 0 amide bonds. The van der Waals surface area contributed by atoms with Gasteiger partial charge in [0.15, 0.2) is 0 Å². The summed E-state index contributed by atoms with van der Waals surface area (Å²) in [6.45, 7) is 2.68. The lowest BCUT2D eigenvalue weighted by atomic mass is 10.2. The van der Waals surface area contributed by atoms with Crippen LogP contribution >= 0.6 is 7.92 Å². The largest absolute Gasteiger partial charge is 0.489 e. The number of nitrogens with one attached hydrogen (secondary N) is 1. The zero-order valence-corrected chi connectivity index (χ0v) is 20.7. The molecule has 0 saturated heterocycles. The number of benzene rings is 5. The molecule has 0 spiro atoms. The van der Waals surface area contributed by atoms with Gasteiger partial charge in [-0.15, -0.1) is 0 Å². The summed E-state index contributed by atoms with van der Waals surface area (Å²) < 4.78 is 6.27. The van der Waals surface area contributed by atoms with E-state index in [9.17, 15) is 0 Å². The summed E-state index contributed by atoms with van der Waals surface area (Å²) in [5, 5.41) is 7.58. The first-order chi connectivity index (χ1) is 17.3. The molecule has 0 radical (unpaired) electrons. The van der Waals surface area contributed by atoms with Gasteiger partial charge in [0.25, 0.3) is 0 Å². The van der Waals surface area contributed by atoms with E-state index < -0.39 is 7.92 Å². The van der Waals surface area contributed by atoms with Crippen LogP contribution in [0.1, 0.15) is 11.1 Å². The van der Waals surface area contributed by atoms with Gasteiger partial charge in [-0.05, 0) is 60.8 Å². The SMILES string of the molecule is Cc1ccccc1Nc1ccc(OCc2ccccc2)cc1P(c1ccccc1)c1ccccc1. The third kappa shape index (κ3) is 5.62. The molecular weight excluding hydrogens is 445 g/mol. The van der Waals surface area contributed by atoms with Crippen LogP contribution in [0.25, 0.3) is 0 Å². The van der Waals surface area contributed by atoms with Crippen molar-refractivity contribution in [3.8, 4) is 5.75 Å². The van der Waals surface area contributed by atoms with Crippen LogP contribution in [0.15, 0.2) is 133 Å². The molecule has 0 saturated carbocycles. The van der Waals surface area contributed by atoms with Crippen molar-refractivity contribution in [1.82, 2.24) is 0 Å². The van der Waals surface area contributed by atoms with Crippen LogP contribution in [0.3, 0.4) is 0 Å². The maximum atomic E-state index is 6.27. The number of aryl methyl sites for hydroxylation is 1. The molecular formula is C32H28NOP. The average Bonchev–Trinajstić information content (AvgIpc) is 2.92. The number of anilines is 2. The Morgan fingerprint density at radius 1 is 0.600 bits per heavy atom. The van der Waals surface area contributed by atoms with Crippen molar-refractivity contribution in [2.45, 2.75) is 13.5 Å². The first-order valence-corrected chi connectivity index (χ1v) is 13.2. The van der Waals surface area contributed by atoms with Gasteiger partial charge in [-0.25, -0.2) is 0 Å². The fourth-order valence-corrected chi connectivity index (χ4v) is 6.50. The minimum absolute atomic E-state index is 0.541. The van der Waals surface area contributed by atoms with Crippen molar-refractivity contribution >= 4 is 35.2 Å². The minimum atomic E-state index is -0.796. The highest BCUT2D eigenvalue weighted by Gasteiger charge is 2.21. The van der Waals surface area contributed by atoms with Gasteiger partial charge in [0.1, 0.15) is 12.4 Å². The van der Waals surface area contributed by atoms with Gasteiger partial charge in [0.2, 0.25) is 0 Å². The molecule has 0 aliphatic heterocycles. The standard InChI is InChI=1S/C32H28NOP/c1-25-13-11-12-20-30(25)33-31-22-21-27(34-24-26-14-5-2-6-15-26)23-32(31)35(28-16-7-3-8-17-28)29-18-9-4-10-19-29/h2-23,33H,24H2,1H3. The summed E-state index contributed by atoms with van der Waals surface area (Å²) in [7, 11) is -0.796. The zero-order valence-electron chi connectivity index (χ0n) is 19.8. The molecule has 0 fully saturated rings. The summed E-state index contributed by atoms with van der Waals surface area (Å²) >= 11 is 0. The van der Waals surface area contributed by atoms with Crippen LogP contribution < -0.4 is 26.0 Å². The van der Waals surface area contributed by atoms with E-state index in [0.717, 1.165) is 22.7 Å². The van der Waals surface area contributed by atoms with E-state index in [1.54, 1.807) is 0 Å². The number of hydrogen-bond donors (Lipinski definition) is 1. The molecule has 5 rings (SSSR count). The Kier molecular flexibility index (Phi) is 7.22. The maximum Gasteiger partial charge on any atom is 0.120 e. The van der Waals surface area contributed by atoms with Crippen LogP contribution in [0.2, 0.25) is 0 Å². The van der Waals surface area contributed by atoms with Crippen LogP contribution in [-0.2, 0) is 6.61 Å². The topological polar surface area (TPSA) is 21.3 Å². The molecule has 172 valence electrons. The van der Waals surface area contributed by atoms with E-state index in [2.05, 4.69) is 128 Å². The van der Waals surface area contributed by atoms with Gasteiger partial charge in [-0.1, -0.05) is 109 Å². The molecule has 1 N–H and O–H groups in total. The fourth-order valence-electron chi connectivity index (χ4n) is 4.07. The van der Waals surface area contributed by atoms with Crippen molar-refractivity contribution in [1.29, 1.82) is 0 Å². The third-order valence-electron chi connectivity index (χ3n) is 5.90. The Morgan fingerprint density at radius 3 is 1.80 bits per heavy atom. The molecule has 3 heteroatoms. The highest BCUT2D eigenvalue weighted by molar-refractivity contribution is 7.80. The lowest BCUT2D eigenvalue weighted by Gasteiger charge is -2.24. The predicted molar refractivity (Wildman–Crippen MR) is 150 cm³/mol. The summed E-state index contributed by atoms with van der Waals surface area (Å²) in [5.41, 5.74) is 4.59. The van der Waals surface area contributed by atoms with Gasteiger partial charge in [0.05, 0.1) is 0 Å². The van der Waals surface area contributed by atoms with Gasteiger partial charge >= 0.3 is 0 Å². The highest BCUT2D eigenvalue weighted by atomic mass is 31.1. The quantitative estimate of drug-likeness (QED) is 0.243. The summed E-state index contributed by atoms with van der Waals surface area (Å²) in [6.07, 6.45) is 0. The normalized spacial score (nSPS) is 10.8. The molecule has 0 heterocycles. The third-order valence-corrected chi connectivity index (χ3v) is 8.38. The van der Waals surface area contributed by atoms with Crippen molar-refractivity contribution in [2.75, 3.05) is 5.32 Å². The Labute approximate surface area is 209 Å². The lowest BCUT2D eigenvalue weighted by Crippen LogP contribution is -2.23. The molecule has 0 bridgehead atoms. The van der Waals surface area contributed by atoms with Crippen molar-refractivity contribution in [2.24, 2.45) is 0 Å². The minimum Gasteiger partial charge on any atom is -0.489 e. The van der Waals surface area contributed by atoms with Crippen LogP contribution in [0.4, 0.5) is 11.4 Å². The molecule has 0 unspecified atom stereocenters. The Bertz CT molecular complexity index is 1330. The van der Waals surface area contributed by atoms with Crippen LogP contribution in [0.5, 0.6) is 5.75 Å². The molecule has 0 aromatic heterocycles. The van der Waals surface area contributed by atoms with Gasteiger partial charge in [0, 0.05) is 16.7 Å². The van der Waals surface area contributed by atoms with Gasteiger partial charge in [-0.2, -0.15) is 0 Å². The maximum absolute atomic E-state index is 6.27. The molecule has 5 aromatic carbocycles.